The molecular formula is C30H36F2N8. The van der Waals surface area contributed by atoms with Crippen LogP contribution in [0, 0.1) is 24.5 Å². The van der Waals surface area contributed by atoms with Crippen molar-refractivity contribution in [2.45, 2.75) is 59.2 Å². The van der Waals surface area contributed by atoms with E-state index in [-0.39, 0.29) is 29.2 Å². The third-order valence-corrected chi connectivity index (χ3v) is 8.47. The highest BCUT2D eigenvalue weighted by atomic mass is 19.1. The molecule has 2 aliphatic rings. The molecule has 2 fully saturated rings. The highest BCUT2D eigenvalue weighted by molar-refractivity contribution is 5.83. The molecule has 10 heteroatoms. The number of anilines is 2. The van der Waals surface area contributed by atoms with Gasteiger partial charge in [-0.1, -0.05) is 13.0 Å². The van der Waals surface area contributed by atoms with E-state index in [4.69, 9.17) is 0 Å². The highest BCUT2D eigenvalue weighted by Gasteiger charge is 2.39. The summed E-state index contributed by atoms with van der Waals surface area (Å²) in [6.45, 7) is 14.8. The van der Waals surface area contributed by atoms with Gasteiger partial charge in [0.15, 0.2) is 11.6 Å². The number of piperidine rings is 1. The molecule has 3 aromatic heterocycles. The van der Waals surface area contributed by atoms with Crippen LogP contribution in [0.15, 0.2) is 36.7 Å². The van der Waals surface area contributed by atoms with E-state index in [0.717, 1.165) is 37.3 Å². The molecule has 3 atom stereocenters. The number of hydrogen-bond donors (Lipinski definition) is 1. The van der Waals surface area contributed by atoms with Gasteiger partial charge in [-0.3, -0.25) is 9.80 Å². The van der Waals surface area contributed by atoms with Gasteiger partial charge in [0.1, 0.15) is 22.9 Å². The van der Waals surface area contributed by atoms with E-state index in [0.29, 0.717) is 28.8 Å². The number of fused-ring (bicyclic) bond motifs is 3. The Labute approximate surface area is 233 Å². The van der Waals surface area contributed by atoms with Gasteiger partial charge >= 0.3 is 0 Å². The lowest BCUT2D eigenvalue weighted by molar-refractivity contribution is 0.127. The minimum atomic E-state index is -0.633. The number of imidazole rings is 1. The smallest absolute Gasteiger partial charge is 0.229 e. The average molecular weight is 547 g/mol. The Morgan fingerprint density at radius 2 is 1.82 bits per heavy atom. The van der Waals surface area contributed by atoms with Crippen molar-refractivity contribution in [3.8, 4) is 11.3 Å². The average Bonchev–Trinajstić information content (AvgIpc) is 3.43. The molecule has 0 spiro atoms. The largest absolute Gasteiger partial charge is 0.326 e. The molecule has 40 heavy (non-hydrogen) atoms. The van der Waals surface area contributed by atoms with Crippen molar-refractivity contribution in [2.75, 3.05) is 31.5 Å². The quantitative estimate of drug-likeness (QED) is 0.310. The third-order valence-electron chi connectivity index (χ3n) is 8.47. The van der Waals surface area contributed by atoms with E-state index in [2.05, 4.69) is 55.0 Å². The van der Waals surface area contributed by atoms with Crippen LogP contribution in [0.2, 0.25) is 0 Å². The van der Waals surface area contributed by atoms with E-state index in [1.165, 1.54) is 19.0 Å². The molecule has 0 saturated carbocycles. The first-order valence-corrected chi connectivity index (χ1v) is 14.1. The minimum absolute atomic E-state index is 0.0125. The second-order valence-electron chi connectivity index (χ2n) is 11.4. The lowest BCUT2D eigenvalue weighted by Crippen LogP contribution is -2.43. The van der Waals surface area contributed by atoms with Crippen molar-refractivity contribution in [1.82, 2.24) is 34.3 Å². The molecule has 2 bridgehead atoms. The SMILES string of the molecule is CCN1C[C@H]2C[C@@H]1CN([C@@H](C)c1ccc(Nc3ncc(F)c(-c4cc(F)c5nc(C)n(C(C)C)c5c4)n3)nc1)C2. The Hall–Kier alpha value is -3.50. The lowest BCUT2D eigenvalue weighted by atomic mass is 9.97. The Morgan fingerprint density at radius 1 is 1.00 bits per heavy atom. The maximum atomic E-state index is 15.0. The number of hydrogen-bond acceptors (Lipinski definition) is 7. The first-order chi connectivity index (χ1) is 19.2. The van der Waals surface area contributed by atoms with Gasteiger partial charge in [0.05, 0.1) is 11.7 Å². The van der Waals surface area contributed by atoms with Crippen LogP contribution in [-0.2, 0) is 0 Å². The van der Waals surface area contributed by atoms with Crippen LogP contribution in [0.1, 0.15) is 57.6 Å². The van der Waals surface area contributed by atoms with Gasteiger partial charge in [0.25, 0.3) is 0 Å². The van der Waals surface area contributed by atoms with Crippen LogP contribution in [0.4, 0.5) is 20.5 Å². The number of halogens is 2. The van der Waals surface area contributed by atoms with E-state index in [9.17, 15) is 4.39 Å². The predicted octanol–water partition coefficient (Wildman–Crippen LogP) is 5.89. The van der Waals surface area contributed by atoms with Gasteiger partial charge < -0.3 is 9.88 Å². The predicted molar refractivity (Wildman–Crippen MR) is 152 cm³/mol. The van der Waals surface area contributed by atoms with E-state index in [1.54, 1.807) is 6.07 Å². The minimum Gasteiger partial charge on any atom is -0.326 e. The molecule has 0 radical (unpaired) electrons. The van der Waals surface area contributed by atoms with Crippen LogP contribution in [0.3, 0.4) is 0 Å². The number of pyridine rings is 1. The van der Waals surface area contributed by atoms with E-state index < -0.39 is 11.6 Å². The number of nitrogens with zero attached hydrogens (tertiary/aromatic N) is 7. The van der Waals surface area contributed by atoms with Gasteiger partial charge in [-0.15, -0.1) is 0 Å². The van der Waals surface area contributed by atoms with Crippen LogP contribution >= 0.6 is 0 Å². The topological polar surface area (TPSA) is 75.0 Å². The zero-order valence-electron chi connectivity index (χ0n) is 23.7. The van der Waals surface area contributed by atoms with Crippen LogP contribution in [-0.4, -0.2) is 66.5 Å². The third kappa shape index (κ3) is 4.83. The normalized spacial score (nSPS) is 20.5. The van der Waals surface area contributed by atoms with Gasteiger partial charge in [0, 0.05) is 49.5 Å². The Bertz CT molecular complexity index is 1530. The molecule has 1 N–H and O–H groups in total. The highest BCUT2D eigenvalue weighted by Crippen LogP contribution is 2.34. The zero-order chi connectivity index (χ0) is 28.1. The summed E-state index contributed by atoms with van der Waals surface area (Å²) in [5.74, 6) is 1.03. The van der Waals surface area contributed by atoms with E-state index in [1.807, 2.05) is 37.6 Å². The Kier molecular flexibility index (Phi) is 7.00. The summed E-state index contributed by atoms with van der Waals surface area (Å²) < 4.78 is 31.8. The molecule has 8 nitrogen and oxygen atoms in total. The summed E-state index contributed by atoms with van der Waals surface area (Å²) in [6.07, 6.45) is 4.28. The zero-order valence-corrected chi connectivity index (χ0v) is 23.7. The van der Waals surface area contributed by atoms with Gasteiger partial charge in [-0.25, -0.2) is 28.7 Å². The molecule has 210 valence electrons. The number of aryl methyl sites for hydroxylation is 1. The number of benzene rings is 1. The summed E-state index contributed by atoms with van der Waals surface area (Å²) in [7, 11) is 0. The first kappa shape index (κ1) is 26.7. The monoisotopic (exact) mass is 546 g/mol. The van der Waals surface area contributed by atoms with Crippen LogP contribution in [0.25, 0.3) is 22.3 Å². The standard InChI is InChI=1S/C30H36F2N8/c1-6-38-14-20-9-23(38)16-39(15-20)18(4)21-7-8-27(33-12-21)36-30-34-13-25(32)28(37-30)22-10-24(31)29-26(11-22)40(17(2)3)19(5)35-29/h7-8,10-13,17-18,20,23H,6,9,14-16H2,1-5H3,(H,33,34,36,37)/t18-,20+,23+/m0/s1. The number of likely N-dealkylation sites (tertiary alicyclic amines) is 2. The van der Waals surface area contributed by atoms with Crippen molar-refractivity contribution in [3.63, 3.8) is 0 Å². The first-order valence-electron chi connectivity index (χ1n) is 14.1. The van der Waals surface area contributed by atoms with Crippen LogP contribution < -0.4 is 5.32 Å². The summed E-state index contributed by atoms with van der Waals surface area (Å²) >= 11 is 0. The van der Waals surface area contributed by atoms with Crippen molar-refractivity contribution < 1.29 is 8.78 Å². The number of aromatic nitrogens is 5. The summed E-state index contributed by atoms with van der Waals surface area (Å²) in [5, 5.41) is 3.08. The Balaban J connectivity index is 1.21. The van der Waals surface area contributed by atoms with Gasteiger partial charge in [0.2, 0.25) is 5.95 Å². The number of likely N-dealkylation sites (N-methyl/N-ethyl adjacent to an activating group) is 1. The molecule has 1 aromatic carbocycles. The molecular weight excluding hydrogens is 510 g/mol. The number of rotatable bonds is 7. The maximum Gasteiger partial charge on any atom is 0.229 e. The van der Waals surface area contributed by atoms with Gasteiger partial charge in [-0.2, -0.15) is 0 Å². The fourth-order valence-corrected chi connectivity index (χ4v) is 6.53. The molecule has 0 unspecified atom stereocenters. The second-order valence-corrected chi connectivity index (χ2v) is 11.4. The van der Waals surface area contributed by atoms with Gasteiger partial charge in [-0.05, 0) is 70.3 Å². The van der Waals surface area contributed by atoms with E-state index >= 15 is 4.39 Å². The molecule has 0 aliphatic carbocycles. The van der Waals surface area contributed by atoms with Crippen molar-refractivity contribution in [2.24, 2.45) is 5.92 Å². The molecule has 4 aromatic rings. The lowest BCUT2D eigenvalue weighted by Gasteiger charge is -2.37. The van der Waals surface area contributed by atoms with Crippen LogP contribution in [0.5, 0.6) is 0 Å². The fraction of sp³-hybridized carbons (Fsp3) is 0.467. The van der Waals surface area contributed by atoms with Crippen molar-refractivity contribution in [1.29, 1.82) is 0 Å². The maximum absolute atomic E-state index is 15.0. The Morgan fingerprint density at radius 3 is 2.55 bits per heavy atom. The molecule has 2 aliphatic heterocycles. The number of nitrogens with one attached hydrogen (secondary N) is 1. The fourth-order valence-electron chi connectivity index (χ4n) is 6.53. The summed E-state index contributed by atoms with van der Waals surface area (Å²) in [5.41, 5.74) is 2.35. The molecule has 2 saturated heterocycles. The summed E-state index contributed by atoms with van der Waals surface area (Å²) in [4.78, 5) is 22.6. The van der Waals surface area contributed by atoms with Crippen molar-refractivity contribution >= 4 is 22.8 Å². The second kappa shape index (κ2) is 10.5. The van der Waals surface area contributed by atoms with Crippen molar-refractivity contribution in [3.05, 3.63) is 59.7 Å². The molecule has 6 rings (SSSR count). The summed E-state index contributed by atoms with van der Waals surface area (Å²) in [6, 6.07) is 7.95. The molecule has 5 heterocycles. The molecule has 0 amide bonds.